The Balaban J connectivity index is 2.06. The molecule has 0 unspecified atom stereocenters. The molecule has 3 rings (SSSR count). The summed E-state index contributed by atoms with van der Waals surface area (Å²) in [5, 5.41) is 3.56. The van der Waals surface area contributed by atoms with E-state index < -0.39 is 0 Å². The predicted molar refractivity (Wildman–Crippen MR) is 78.6 cm³/mol. The average molecular weight is 292 g/mol. The van der Waals surface area contributed by atoms with Gasteiger partial charge in [0.15, 0.2) is 0 Å². The maximum absolute atomic E-state index is 13.5. The maximum atomic E-state index is 13.5. The summed E-state index contributed by atoms with van der Waals surface area (Å²) in [5.41, 5.74) is 1.39. The Morgan fingerprint density at radius 3 is 2.70 bits per heavy atom. The van der Waals surface area contributed by atoms with Crippen LogP contribution in [0.25, 0.3) is 11.3 Å². The zero-order chi connectivity index (χ0) is 14.1. The van der Waals surface area contributed by atoms with Crippen LogP contribution in [0.4, 0.5) is 10.2 Å². The van der Waals surface area contributed by atoms with Crippen molar-refractivity contribution < 1.29 is 4.39 Å². The van der Waals surface area contributed by atoms with E-state index in [2.05, 4.69) is 15.3 Å². The van der Waals surface area contributed by atoms with Crippen LogP contribution in [-0.4, -0.2) is 16.5 Å². The first kappa shape index (κ1) is 13.3. The highest BCUT2D eigenvalue weighted by Crippen LogP contribution is 2.39. The van der Waals surface area contributed by atoms with E-state index >= 15 is 0 Å². The molecule has 20 heavy (non-hydrogen) atoms. The minimum absolute atomic E-state index is 0.357. The molecule has 0 saturated heterocycles. The molecule has 1 heterocycles. The van der Waals surface area contributed by atoms with Gasteiger partial charge in [-0.3, -0.25) is 0 Å². The summed E-state index contributed by atoms with van der Waals surface area (Å²) in [4.78, 5) is 9.06. The van der Waals surface area contributed by atoms with Crippen molar-refractivity contribution in [2.75, 3.05) is 11.9 Å². The number of benzene rings is 1. The lowest BCUT2D eigenvalue weighted by molar-refractivity contribution is 0.628. The van der Waals surface area contributed by atoms with Gasteiger partial charge in [-0.1, -0.05) is 11.6 Å². The van der Waals surface area contributed by atoms with Gasteiger partial charge in [-0.25, -0.2) is 14.4 Å². The van der Waals surface area contributed by atoms with Crippen molar-refractivity contribution >= 4 is 17.4 Å². The van der Waals surface area contributed by atoms with Gasteiger partial charge < -0.3 is 5.32 Å². The van der Waals surface area contributed by atoms with Crippen molar-refractivity contribution in [1.29, 1.82) is 0 Å². The molecule has 1 aliphatic rings. The standard InChI is InChI=1S/C15H15ClFN3/c1-2-18-14-8-13(19-15(20-14)9-3-4-9)10-5-11(16)7-12(17)6-10/h5-9H,2-4H2,1H3,(H,18,19,20). The van der Waals surface area contributed by atoms with Crippen molar-refractivity contribution in [2.45, 2.75) is 25.7 Å². The van der Waals surface area contributed by atoms with E-state index in [1.807, 2.05) is 13.0 Å². The SMILES string of the molecule is CCNc1cc(-c2cc(F)cc(Cl)c2)nc(C2CC2)n1. The third kappa shape index (κ3) is 2.90. The molecule has 1 fully saturated rings. The monoisotopic (exact) mass is 291 g/mol. The second-order valence-corrected chi connectivity index (χ2v) is 5.40. The number of hydrogen-bond donors (Lipinski definition) is 1. The van der Waals surface area contributed by atoms with Gasteiger partial charge >= 0.3 is 0 Å². The molecule has 0 aliphatic heterocycles. The number of aromatic nitrogens is 2. The van der Waals surface area contributed by atoms with E-state index in [1.165, 1.54) is 12.1 Å². The smallest absolute Gasteiger partial charge is 0.134 e. The molecule has 0 spiro atoms. The van der Waals surface area contributed by atoms with Crippen LogP contribution in [0.3, 0.4) is 0 Å². The molecule has 1 aromatic carbocycles. The van der Waals surface area contributed by atoms with Crippen molar-refractivity contribution in [2.24, 2.45) is 0 Å². The van der Waals surface area contributed by atoms with Gasteiger partial charge in [-0.2, -0.15) is 0 Å². The first-order valence-corrected chi connectivity index (χ1v) is 7.13. The molecule has 0 atom stereocenters. The van der Waals surface area contributed by atoms with Crippen LogP contribution < -0.4 is 5.32 Å². The third-order valence-electron chi connectivity index (χ3n) is 3.20. The minimum atomic E-state index is -0.357. The Bertz CT molecular complexity index is 621. The Labute approximate surface area is 122 Å². The third-order valence-corrected chi connectivity index (χ3v) is 3.42. The fourth-order valence-electron chi connectivity index (χ4n) is 2.11. The lowest BCUT2D eigenvalue weighted by Gasteiger charge is -2.09. The molecular formula is C15H15ClFN3. The average Bonchev–Trinajstić information content (AvgIpc) is 3.22. The molecule has 104 valence electrons. The second kappa shape index (κ2) is 5.37. The lowest BCUT2D eigenvalue weighted by atomic mass is 10.1. The fraction of sp³-hybridized carbons (Fsp3) is 0.333. The zero-order valence-electron chi connectivity index (χ0n) is 11.2. The second-order valence-electron chi connectivity index (χ2n) is 4.96. The normalized spacial score (nSPS) is 14.3. The van der Waals surface area contributed by atoms with Crippen LogP contribution in [0, 0.1) is 5.82 Å². The van der Waals surface area contributed by atoms with E-state index in [9.17, 15) is 4.39 Å². The van der Waals surface area contributed by atoms with Crippen LogP contribution in [0.1, 0.15) is 31.5 Å². The summed E-state index contributed by atoms with van der Waals surface area (Å²) in [6, 6.07) is 6.29. The molecule has 1 saturated carbocycles. The lowest BCUT2D eigenvalue weighted by Crippen LogP contribution is -2.04. The largest absolute Gasteiger partial charge is 0.370 e. The van der Waals surface area contributed by atoms with Crippen LogP contribution in [0.5, 0.6) is 0 Å². The minimum Gasteiger partial charge on any atom is -0.370 e. The van der Waals surface area contributed by atoms with E-state index in [-0.39, 0.29) is 5.82 Å². The van der Waals surface area contributed by atoms with E-state index in [4.69, 9.17) is 11.6 Å². The number of nitrogens with one attached hydrogen (secondary N) is 1. The Hall–Kier alpha value is -1.68. The highest BCUT2D eigenvalue weighted by molar-refractivity contribution is 6.30. The number of halogens is 2. The van der Waals surface area contributed by atoms with Crippen molar-refractivity contribution in [3.63, 3.8) is 0 Å². The molecule has 0 bridgehead atoms. The van der Waals surface area contributed by atoms with Gasteiger partial charge in [0.05, 0.1) is 5.69 Å². The maximum Gasteiger partial charge on any atom is 0.134 e. The Morgan fingerprint density at radius 2 is 2.05 bits per heavy atom. The molecule has 1 N–H and O–H groups in total. The summed E-state index contributed by atoms with van der Waals surface area (Å²) >= 11 is 5.92. The molecule has 2 aromatic rings. The molecule has 1 aromatic heterocycles. The molecule has 3 nitrogen and oxygen atoms in total. The van der Waals surface area contributed by atoms with Gasteiger partial charge in [-0.15, -0.1) is 0 Å². The molecule has 5 heteroatoms. The van der Waals surface area contributed by atoms with Gasteiger partial charge in [0.1, 0.15) is 17.5 Å². The Kier molecular flexibility index (Phi) is 3.57. The summed E-state index contributed by atoms with van der Waals surface area (Å²) in [7, 11) is 0. The Morgan fingerprint density at radius 1 is 1.25 bits per heavy atom. The van der Waals surface area contributed by atoms with E-state index in [0.717, 1.165) is 31.0 Å². The van der Waals surface area contributed by atoms with Gasteiger partial charge in [0, 0.05) is 29.1 Å². The van der Waals surface area contributed by atoms with Crippen LogP contribution in [0.15, 0.2) is 24.3 Å². The summed E-state index contributed by atoms with van der Waals surface area (Å²) in [6.45, 7) is 2.79. The van der Waals surface area contributed by atoms with Crippen LogP contribution in [-0.2, 0) is 0 Å². The molecule has 0 radical (unpaired) electrons. The highest BCUT2D eigenvalue weighted by Gasteiger charge is 2.27. The van der Waals surface area contributed by atoms with E-state index in [0.29, 0.717) is 22.2 Å². The summed E-state index contributed by atoms with van der Waals surface area (Å²) in [6.07, 6.45) is 2.25. The topological polar surface area (TPSA) is 37.8 Å². The first-order chi connectivity index (χ1) is 9.65. The quantitative estimate of drug-likeness (QED) is 0.915. The first-order valence-electron chi connectivity index (χ1n) is 6.75. The van der Waals surface area contributed by atoms with Gasteiger partial charge in [0.2, 0.25) is 0 Å². The zero-order valence-corrected chi connectivity index (χ0v) is 11.9. The number of nitrogens with zero attached hydrogens (tertiary/aromatic N) is 2. The highest BCUT2D eigenvalue weighted by atomic mass is 35.5. The van der Waals surface area contributed by atoms with Crippen LogP contribution >= 0.6 is 11.6 Å². The number of rotatable bonds is 4. The summed E-state index contributed by atoms with van der Waals surface area (Å²) < 4.78 is 13.5. The van der Waals surface area contributed by atoms with Gasteiger partial charge in [0.25, 0.3) is 0 Å². The predicted octanol–water partition coefficient (Wildman–Crippen LogP) is 4.25. The van der Waals surface area contributed by atoms with Crippen molar-refractivity contribution in [3.8, 4) is 11.3 Å². The van der Waals surface area contributed by atoms with E-state index in [1.54, 1.807) is 6.07 Å². The van der Waals surface area contributed by atoms with Crippen LogP contribution in [0.2, 0.25) is 5.02 Å². The molecular weight excluding hydrogens is 277 g/mol. The number of hydrogen-bond acceptors (Lipinski definition) is 3. The van der Waals surface area contributed by atoms with Crippen molar-refractivity contribution in [3.05, 3.63) is 40.9 Å². The van der Waals surface area contributed by atoms with Gasteiger partial charge in [-0.05, 0) is 38.0 Å². The van der Waals surface area contributed by atoms with Crippen molar-refractivity contribution in [1.82, 2.24) is 9.97 Å². The summed E-state index contributed by atoms with van der Waals surface area (Å²) in [5.74, 6) is 1.69. The number of anilines is 1. The fourth-order valence-corrected chi connectivity index (χ4v) is 2.33. The molecule has 1 aliphatic carbocycles. The molecule has 0 amide bonds.